The third-order valence-electron chi connectivity index (χ3n) is 3.54. The predicted octanol–water partition coefficient (Wildman–Crippen LogP) is 2.62. The summed E-state index contributed by atoms with van der Waals surface area (Å²) < 4.78 is 6.20. The van der Waals surface area contributed by atoms with Crippen molar-refractivity contribution in [3.8, 4) is 0 Å². The molecule has 1 N–H and O–H groups in total. The number of rotatable bonds is 7. The van der Waals surface area contributed by atoms with Crippen LogP contribution in [0.2, 0.25) is 0 Å². The molecule has 1 atom stereocenters. The molecule has 7 nitrogen and oxygen atoms in total. The number of amides is 2. The molecule has 1 aliphatic heterocycles. The number of anilines is 1. The third kappa shape index (κ3) is 3.51. The number of hydrogen-bond acceptors (Lipinski definition) is 7. The van der Waals surface area contributed by atoms with Crippen LogP contribution in [0.1, 0.15) is 19.1 Å². The Bertz CT molecular complexity index is 645. The van der Waals surface area contributed by atoms with Gasteiger partial charge in [0.2, 0.25) is 5.13 Å². The Hall–Kier alpha value is -1.58. The third-order valence-corrected chi connectivity index (χ3v) is 5.44. The zero-order valence-corrected chi connectivity index (χ0v) is 14.7. The van der Waals surface area contributed by atoms with Crippen LogP contribution < -0.4 is 10.2 Å². The number of hydrogen-bond donors (Lipinski definition) is 1. The second kappa shape index (κ2) is 7.33. The molecule has 2 aromatic heterocycles. The number of urea groups is 1. The van der Waals surface area contributed by atoms with Gasteiger partial charge in [0.1, 0.15) is 11.9 Å². The molecule has 1 aliphatic rings. The lowest BCUT2D eigenvalue weighted by Crippen LogP contribution is -2.44. The Morgan fingerprint density at radius 2 is 2.39 bits per heavy atom. The number of carbonyl (C=O) groups is 1. The van der Waals surface area contributed by atoms with Crippen molar-refractivity contribution in [3.05, 3.63) is 24.2 Å². The lowest BCUT2D eigenvalue weighted by Gasteiger charge is -2.20. The first-order valence-corrected chi connectivity index (χ1v) is 9.48. The monoisotopic (exact) mass is 353 g/mol. The molecule has 0 radical (unpaired) electrons. The second-order valence-corrected chi connectivity index (χ2v) is 7.14. The molecule has 1 saturated heterocycles. The van der Waals surface area contributed by atoms with Crippen molar-refractivity contribution in [2.45, 2.75) is 30.4 Å². The van der Waals surface area contributed by atoms with Crippen LogP contribution in [0.25, 0.3) is 0 Å². The molecule has 0 bridgehead atoms. The van der Waals surface area contributed by atoms with Crippen molar-refractivity contribution >= 4 is 34.3 Å². The van der Waals surface area contributed by atoms with Crippen molar-refractivity contribution in [2.75, 3.05) is 24.2 Å². The Morgan fingerprint density at radius 3 is 3.04 bits per heavy atom. The van der Waals surface area contributed by atoms with E-state index in [2.05, 4.69) is 22.4 Å². The lowest BCUT2D eigenvalue weighted by atomic mass is 10.4. The summed E-state index contributed by atoms with van der Waals surface area (Å²) in [6.07, 6.45) is 4.39. The van der Waals surface area contributed by atoms with Crippen molar-refractivity contribution in [1.29, 1.82) is 0 Å². The normalized spacial score (nSPS) is 18.2. The van der Waals surface area contributed by atoms with Gasteiger partial charge in [-0.3, -0.25) is 10.2 Å². The van der Waals surface area contributed by atoms with Gasteiger partial charge in [-0.25, -0.2) is 4.79 Å². The number of carbonyl (C=O) groups excluding carboxylic acids is 1. The van der Waals surface area contributed by atoms with E-state index in [0.717, 1.165) is 23.1 Å². The van der Waals surface area contributed by atoms with Crippen molar-refractivity contribution in [3.63, 3.8) is 0 Å². The van der Waals surface area contributed by atoms with Gasteiger partial charge in [-0.2, -0.15) is 0 Å². The van der Waals surface area contributed by atoms with Crippen LogP contribution in [0.3, 0.4) is 0 Å². The van der Waals surface area contributed by atoms with Gasteiger partial charge in [-0.15, -0.1) is 10.2 Å². The molecule has 9 heteroatoms. The molecule has 1 unspecified atom stereocenters. The van der Waals surface area contributed by atoms with Gasteiger partial charge in [-0.05, 0) is 24.8 Å². The smallest absolute Gasteiger partial charge is 0.327 e. The van der Waals surface area contributed by atoms with E-state index in [9.17, 15) is 4.79 Å². The zero-order valence-electron chi connectivity index (χ0n) is 13.1. The van der Waals surface area contributed by atoms with Gasteiger partial charge in [0.25, 0.3) is 0 Å². The number of thioether (sulfide) groups is 1. The standard InChI is InChI=1S/C14H19N5O2S2/c1-3-6-18-9-11(15-8-10-5-4-7-21-10)19(14(18)20)12-16-17-13(22-2)23-12/h4-5,7,11,15H,3,6,8-9H2,1-2H3. The maximum absolute atomic E-state index is 12.7. The first-order chi connectivity index (χ1) is 11.2. The van der Waals surface area contributed by atoms with E-state index in [4.69, 9.17) is 4.42 Å². The van der Waals surface area contributed by atoms with E-state index in [-0.39, 0.29) is 12.2 Å². The molecule has 2 amide bonds. The molecule has 1 fully saturated rings. The number of aromatic nitrogens is 2. The molecule has 0 aromatic carbocycles. The van der Waals surface area contributed by atoms with Gasteiger partial charge >= 0.3 is 6.03 Å². The minimum Gasteiger partial charge on any atom is -0.468 e. The van der Waals surface area contributed by atoms with Crippen LogP contribution in [0.15, 0.2) is 27.2 Å². The maximum Gasteiger partial charge on any atom is 0.327 e. The van der Waals surface area contributed by atoms with E-state index in [1.54, 1.807) is 11.2 Å². The van der Waals surface area contributed by atoms with E-state index in [0.29, 0.717) is 18.2 Å². The summed E-state index contributed by atoms with van der Waals surface area (Å²) in [5, 5.41) is 12.3. The molecule has 23 heavy (non-hydrogen) atoms. The highest BCUT2D eigenvalue weighted by atomic mass is 32.2. The minimum atomic E-state index is -0.137. The molecule has 3 heterocycles. The van der Waals surface area contributed by atoms with Gasteiger partial charge < -0.3 is 9.32 Å². The average Bonchev–Trinajstić information content (AvgIpc) is 3.27. The molecule has 124 valence electrons. The Morgan fingerprint density at radius 1 is 1.52 bits per heavy atom. The summed E-state index contributed by atoms with van der Waals surface area (Å²) in [4.78, 5) is 16.2. The Balaban J connectivity index is 1.77. The number of furan rings is 1. The highest BCUT2D eigenvalue weighted by Crippen LogP contribution is 2.30. The molecule has 2 aromatic rings. The lowest BCUT2D eigenvalue weighted by molar-refractivity contribution is 0.220. The fraction of sp³-hybridized carbons (Fsp3) is 0.500. The fourth-order valence-electron chi connectivity index (χ4n) is 2.50. The molecule has 0 saturated carbocycles. The first-order valence-electron chi connectivity index (χ1n) is 7.44. The highest BCUT2D eigenvalue weighted by molar-refractivity contribution is 8.00. The zero-order chi connectivity index (χ0) is 16.2. The van der Waals surface area contributed by atoms with Crippen LogP contribution in [-0.4, -0.2) is 46.6 Å². The van der Waals surface area contributed by atoms with Crippen LogP contribution in [-0.2, 0) is 6.54 Å². The van der Waals surface area contributed by atoms with Crippen LogP contribution >= 0.6 is 23.1 Å². The van der Waals surface area contributed by atoms with Crippen molar-refractivity contribution in [1.82, 2.24) is 20.4 Å². The number of nitrogens with one attached hydrogen (secondary N) is 1. The van der Waals surface area contributed by atoms with Gasteiger partial charge in [0, 0.05) is 6.54 Å². The summed E-state index contributed by atoms with van der Waals surface area (Å²) in [7, 11) is 0. The van der Waals surface area contributed by atoms with Crippen LogP contribution in [0.5, 0.6) is 0 Å². The fourth-order valence-corrected chi connectivity index (χ4v) is 3.80. The summed E-state index contributed by atoms with van der Waals surface area (Å²) >= 11 is 2.97. The quantitative estimate of drug-likeness (QED) is 0.609. The van der Waals surface area contributed by atoms with Crippen LogP contribution in [0, 0.1) is 0 Å². The highest BCUT2D eigenvalue weighted by Gasteiger charge is 2.39. The molecular weight excluding hydrogens is 334 g/mol. The molecule has 3 rings (SSSR count). The van der Waals surface area contributed by atoms with Gasteiger partial charge in [0.15, 0.2) is 4.34 Å². The summed E-state index contributed by atoms with van der Waals surface area (Å²) in [6, 6.07) is 3.75. The minimum absolute atomic E-state index is 0.0207. The second-order valence-electron chi connectivity index (χ2n) is 5.13. The molecule has 0 spiro atoms. The molecule has 0 aliphatic carbocycles. The Kier molecular flexibility index (Phi) is 5.19. The SMILES string of the molecule is CCCN1CC(NCc2ccco2)N(c2nnc(SC)s2)C1=O. The van der Waals surface area contributed by atoms with E-state index < -0.39 is 0 Å². The topological polar surface area (TPSA) is 74.5 Å². The average molecular weight is 353 g/mol. The summed E-state index contributed by atoms with van der Waals surface area (Å²) in [6.45, 7) is 4.00. The van der Waals surface area contributed by atoms with Gasteiger partial charge in [0.05, 0.1) is 19.4 Å². The predicted molar refractivity (Wildman–Crippen MR) is 90.8 cm³/mol. The number of nitrogens with zero attached hydrogens (tertiary/aromatic N) is 4. The van der Waals surface area contributed by atoms with E-state index in [1.165, 1.54) is 23.1 Å². The van der Waals surface area contributed by atoms with E-state index >= 15 is 0 Å². The maximum atomic E-state index is 12.7. The summed E-state index contributed by atoms with van der Waals surface area (Å²) in [5.74, 6) is 0.841. The first kappa shape index (κ1) is 16.3. The molecular formula is C14H19N5O2S2. The van der Waals surface area contributed by atoms with E-state index in [1.807, 2.05) is 23.3 Å². The summed E-state index contributed by atoms with van der Waals surface area (Å²) in [5.41, 5.74) is 0. The Labute approximate surface area is 143 Å². The van der Waals surface area contributed by atoms with Crippen LogP contribution in [0.4, 0.5) is 9.93 Å². The van der Waals surface area contributed by atoms with Crippen molar-refractivity contribution < 1.29 is 9.21 Å². The largest absolute Gasteiger partial charge is 0.468 e. The van der Waals surface area contributed by atoms with Gasteiger partial charge in [-0.1, -0.05) is 30.0 Å². The van der Waals surface area contributed by atoms with Crippen molar-refractivity contribution in [2.24, 2.45) is 0 Å².